The number of thioether (sulfide) groups is 1. The third kappa shape index (κ3) is 3.36. The summed E-state index contributed by atoms with van der Waals surface area (Å²) in [4.78, 5) is 5.48. The van der Waals surface area contributed by atoms with E-state index in [0.717, 1.165) is 19.1 Å². The molecule has 2 atom stereocenters. The predicted molar refractivity (Wildman–Crippen MR) is 94.4 cm³/mol. The van der Waals surface area contributed by atoms with Gasteiger partial charge in [-0.1, -0.05) is 0 Å². The van der Waals surface area contributed by atoms with Crippen molar-refractivity contribution in [2.45, 2.75) is 58.3 Å². The molecule has 1 aromatic heterocycles. The van der Waals surface area contributed by atoms with Gasteiger partial charge in [0.2, 0.25) is 0 Å². The second-order valence-electron chi connectivity index (χ2n) is 6.73. The largest absolute Gasteiger partial charge is 0.298 e. The second kappa shape index (κ2) is 7.37. The highest BCUT2D eigenvalue weighted by Gasteiger charge is 2.36. The maximum absolute atomic E-state index is 4.53. The van der Waals surface area contributed by atoms with Gasteiger partial charge in [-0.25, -0.2) is 0 Å². The molecular weight excluding hydrogens is 292 g/mol. The average molecular weight is 323 g/mol. The number of fused-ring (bicyclic) bond motifs is 1. The van der Waals surface area contributed by atoms with Crippen LogP contribution in [0.5, 0.6) is 0 Å². The van der Waals surface area contributed by atoms with Crippen molar-refractivity contribution in [3.05, 3.63) is 17.5 Å². The van der Waals surface area contributed by atoms with Gasteiger partial charge in [0.25, 0.3) is 0 Å². The highest BCUT2D eigenvalue weighted by molar-refractivity contribution is 7.98. The molecule has 0 amide bonds. The van der Waals surface area contributed by atoms with Crippen LogP contribution in [-0.4, -0.2) is 63.3 Å². The number of nitrogens with zero attached hydrogens (tertiary/aromatic N) is 4. The predicted octanol–water partition coefficient (Wildman–Crippen LogP) is 2.61. The zero-order valence-electron chi connectivity index (χ0n) is 14.3. The molecule has 124 valence electrons. The minimum atomic E-state index is 0.714. The molecule has 0 aromatic carbocycles. The lowest BCUT2D eigenvalue weighted by Gasteiger charge is -2.44. The van der Waals surface area contributed by atoms with Gasteiger partial charge in [-0.15, -0.1) is 0 Å². The van der Waals surface area contributed by atoms with Crippen LogP contribution in [0.15, 0.2) is 6.20 Å². The van der Waals surface area contributed by atoms with E-state index in [-0.39, 0.29) is 0 Å². The molecule has 0 bridgehead atoms. The molecule has 0 N–H and O–H groups in total. The Morgan fingerprint density at radius 2 is 2.23 bits per heavy atom. The van der Waals surface area contributed by atoms with E-state index in [1.54, 1.807) is 0 Å². The maximum atomic E-state index is 4.53. The smallest absolute Gasteiger partial charge is 0.0537 e. The molecule has 22 heavy (non-hydrogen) atoms. The van der Waals surface area contributed by atoms with E-state index in [2.05, 4.69) is 45.9 Å². The zero-order valence-corrected chi connectivity index (χ0v) is 15.1. The van der Waals surface area contributed by atoms with Crippen molar-refractivity contribution in [3.63, 3.8) is 0 Å². The van der Waals surface area contributed by atoms with Crippen molar-refractivity contribution < 1.29 is 0 Å². The van der Waals surface area contributed by atoms with Gasteiger partial charge >= 0.3 is 0 Å². The molecule has 0 saturated carbocycles. The first kappa shape index (κ1) is 16.3. The van der Waals surface area contributed by atoms with Crippen molar-refractivity contribution in [2.75, 3.05) is 31.6 Å². The van der Waals surface area contributed by atoms with Gasteiger partial charge in [0.1, 0.15) is 0 Å². The lowest BCUT2D eigenvalue weighted by atomic mass is 10.0. The maximum Gasteiger partial charge on any atom is 0.0537 e. The number of rotatable bonds is 6. The highest BCUT2D eigenvalue weighted by atomic mass is 32.2. The van der Waals surface area contributed by atoms with Gasteiger partial charge in [-0.05, 0) is 51.7 Å². The highest BCUT2D eigenvalue weighted by Crippen LogP contribution is 2.28. The Balaban J connectivity index is 1.71. The summed E-state index contributed by atoms with van der Waals surface area (Å²) in [6.07, 6.45) is 8.40. The van der Waals surface area contributed by atoms with Crippen LogP contribution < -0.4 is 0 Å². The minimum absolute atomic E-state index is 0.714. The summed E-state index contributed by atoms with van der Waals surface area (Å²) < 4.78 is 2.12. The Kier molecular flexibility index (Phi) is 5.47. The lowest BCUT2D eigenvalue weighted by molar-refractivity contribution is 0.0441. The summed E-state index contributed by atoms with van der Waals surface area (Å²) in [6, 6.07) is 1.51. The van der Waals surface area contributed by atoms with Crippen LogP contribution >= 0.6 is 11.8 Å². The third-order valence-corrected chi connectivity index (χ3v) is 6.08. The molecular formula is C17H30N4S. The summed E-state index contributed by atoms with van der Waals surface area (Å²) in [5.74, 6) is 1.27. The van der Waals surface area contributed by atoms with E-state index in [9.17, 15) is 0 Å². The van der Waals surface area contributed by atoms with E-state index in [4.69, 9.17) is 0 Å². The van der Waals surface area contributed by atoms with Crippen LogP contribution in [0.2, 0.25) is 0 Å². The first-order chi connectivity index (χ1) is 10.7. The average Bonchev–Trinajstić information content (AvgIpc) is 3.11. The third-order valence-electron chi connectivity index (χ3n) is 5.44. The lowest BCUT2D eigenvalue weighted by Crippen LogP contribution is -2.55. The van der Waals surface area contributed by atoms with Crippen LogP contribution in [-0.2, 0) is 13.1 Å². The molecule has 1 aromatic rings. The van der Waals surface area contributed by atoms with Gasteiger partial charge in [0, 0.05) is 49.5 Å². The molecule has 0 aliphatic carbocycles. The van der Waals surface area contributed by atoms with E-state index < -0.39 is 0 Å². The van der Waals surface area contributed by atoms with Gasteiger partial charge in [-0.2, -0.15) is 16.9 Å². The van der Waals surface area contributed by atoms with Crippen LogP contribution in [0.25, 0.3) is 0 Å². The summed E-state index contributed by atoms with van der Waals surface area (Å²) in [5, 5.41) is 4.53. The molecule has 3 rings (SSSR count). The quantitative estimate of drug-likeness (QED) is 0.803. The van der Waals surface area contributed by atoms with Gasteiger partial charge in [0.05, 0.1) is 6.20 Å². The van der Waals surface area contributed by atoms with Crippen molar-refractivity contribution in [1.82, 2.24) is 19.6 Å². The topological polar surface area (TPSA) is 24.3 Å². The van der Waals surface area contributed by atoms with Crippen molar-refractivity contribution in [1.29, 1.82) is 0 Å². The Hall–Kier alpha value is -0.520. The van der Waals surface area contributed by atoms with Crippen LogP contribution in [0, 0.1) is 6.92 Å². The normalized spacial score (nSPS) is 26.5. The molecule has 0 spiro atoms. The van der Waals surface area contributed by atoms with Gasteiger partial charge in [-0.3, -0.25) is 14.5 Å². The monoisotopic (exact) mass is 322 g/mol. The SMILES string of the molecule is CCn1ncc(CN2C[C@@H]3CCCN3C[C@H]2CCSC)c1C. The summed E-state index contributed by atoms with van der Waals surface area (Å²) >= 11 is 1.98. The number of hydrogen-bond acceptors (Lipinski definition) is 4. The standard InChI is InChI=1S/C17H30N4S/c1-4-21-14(2)15(10-18-21)11-20-13-16-6-5-8-19(16)12-17(20)7-9-22-3/h10,16-17H,4-9,11-13H2,1-3H3/t16-,17+/m0/s1. The number of aromatic nitrogens is 2. The Labute approximate surface area is 139 Å². The Bertz CT molecular complexity index is 487. The Morgan fingerprint density at radius 1 is 1.36 bits per heavy atom. The van der Waals surface area contributed by atoms with E-state index in [1.807, 2.05) is 11.8 Å². The minimum Gasteiger partial charge on any atom is -0.298 e. The fourth-order valence-electron chi connectivity index (χ4n) is 4.05. The molecule has 2 aliphatic heterocycles. The first-order valence-electron chi connectivity index (χ1n) is 8.71. The number of piperazine rings is 1. The molecule has 0 unspecified atom stereocenters. The fraction of sp³-hybridized carbons (Fsp3) is 0.824. The summed E-state index contributed by atoms with van der Waals surface area (Å²) in [6.45, 7) is 10.3. The number of hydrogen-bond donors (Lipinski definition) is 0. The molecule has 5 heteroatoms. The van der Waals surface area contributed by atoms with E-state index >= 15 is 0 Å². The van der Waals surface area contributed by atoms with Crippen molar-refractivity contribution in [2.24, 2.45) is 0 Å². The molecule has 4 nitrogen and oxygen atoms in total. The zero-order chi connectivity index (χ0) is 15.5. The molecule has 3 heterocycles. The fourth-order valence-corrected chi connectivity index (χ4v) is 4.56. The molecule has 2 aliphatic rings. The van der Waals surface area contributed by atoms with E-state index in [0.29, 0.717) is 6.04 Å². The summed E-state index contributed by atoms with van der Waals surface area (Å²) in [7, 11) is 0. The summed E-state index contributed by atoms with van der Waals surface area (Å²) in [5.41, 5.74) is 2.77. The van der Waals surface area contributed by atoms with Gasteiger partial charge in [0.15, 0.2) is 0 Å². The molecule has 2 saturated heterocycles. The Morgan fingerprint density at radius 3 is 2.95 bits per heavy atom. The van der Waals surface area contributed by atoms with Crippen LogP contribution in [0.3, 0.4) is 0 Å². The van der Waals surface area contributed by atoms with Crippen LogP contribution in [0.4, 0.5) is 0 Å². The second-order valence-corrected chi connectivity index (χ2v) is 7.71. The van der Waals surface area contributed by atoms with Crippen molar-refractivity contribution in [3.8, 4) is 0 Å². The first-order valence-corrected chi connectivity index (χ1v) is 10.1. The molecule has 0 radical (unpaired) electrons. The molecule has 2 fully saturated rings. The van der Waals surface area contributed by atoms with Crippen molar-refractivity contribution >= 4 is 11.8 Å². The van der Waals surface area contributed by atoms with Crippen LogP contribution in [0.1, 0.15) is 37.4 Å². The van der Waals surface area contributed by atoms with E-state index in [1.165, 1.54) is 55.9 Å². The van der Waals surface area contributed by atoms with Gasteiger partial charge < -0.3 is 0 Å². The number of aryl methyl sites for hydroxylation is 1.